The molecule has 0 amide bonds. The van der Waals surface area contributed by atoms with Crippen molar-refractivity contribution in [2.75, 3.05) is 49.4 Å². The van der Waals surface area contributed by atoms with Crippen molar-refractivity contribution in [2.45, 2.75) is 11.3 Å². The minimum atomic E-state index is -3.78. The monoisotopic (exact) mass is 468 g/mol. The Bertz CT molecular complexity index is 966. The molecular weight excluding hydrogens is 444 g/mol. The van der Waals surface area contributed by atoms with E-state index in [1.807, 2.05) is 0 Å². The molecule has 1 fully saturated rings. The van der Waals surface area contributed by atoms with Gasteiger partial charge in [0.1, 0.15) is 0 Å². The number of ether oxygens (including phenoxy) is 1. The van der Waals surface area contributed by atoms with Crippen LogP contribution in [0, 0.1) is 0 Å². The largest absolute Gasteiger partial charge is 0.379 e. The van der Waals surface area contributed by atoms with Crippen molar-refractivity contribution in [2.24, 2.45) is 0 Å². The first-order valence-corrected chi connectivity index (χ1v) is 11.9. The van der Waals surface area contributed by atoms with Crippen LogP contribution >= 0.6 is 23.8 Å². The van der Waals surface area contributed by atoms with Crippen LogP contribution in [0.4, 0.5) is 11.4 Å². The van der Waals surface area contributed by atoms with Gasteiger partial charge >= 0.3 is 0 Å². The van der Waals surface area contributed by atoms with Crippen molar-refractivity contribution in [1.82, 2.24) is 10.2 Å². The van der Waals surface area contributed by atoms with E-state index in [4.69, 9.17) is 28.6 Å². The lowest BCUT2D eigenvalue weighted by Crippen LogP contribution is -2.38. The summed E-state index contributed by atoms with van der Waals surface area (Å²) in [6, 6.07) is 13.1. The SMILES string of the molecule is O=S(=O)(Nc1ccccc1Cl)c1cccc(NC(=S)NCCCN2CCOCC2)c1. The number of hydrogen-bond acceptors (Lipinski definition) is 5. The Labute approximate surface area is 187 Å². The van der Waals surface area contributed by atoms with E-state index in [-0.39, 0.29) is 4.90 Å². The number of nitrogens with one attached hydrogen (secondary N) is 3. The van der Waals surface area contributed by atoms with Crippen LogP contribution in [0.3, 0.4) is 0 Å². The molecule has 3 N–H and O–H groups in total. The van der Waals surface area contributed by atoms with Gasteiger partial charge in [-0.05, 0) is 55.5 Å². The average molecular weight is 469 g/mol. The second-order valence-electron chi connectivity index (χ2n) is 6.80. The molecule has 0 unspecified atom stereocenters. The summed E-state index contributed by atoms with van der Waals surface area (Å²) in [5.41, 5.74) is 0.915. The predicted molar refractivity (Wildman–Crippen MR) is 125 cm³/mol. The number of anilines is 2. The molecule has 0 saturated carbocycles. The minimum Gasteiger partial charge on any atom is -0.379 e. The first kappa shape index (κ1) is 22.8. The predicted octanol–water partition coefficient (Wildman–Crippen LogP) is 3.15. The maximum Gasteiger partial charge on any atom is 0.262 e. The smallest absolute Gasteiger partial charge is 0.262 e. The third kappa shape index (κ3) is 6.82. The van der Waals surface area contributed by atoms with E-state index in [0.29, 0.717) is 21.5 Å². The van der Waals surface area contributed by atoms with Crippen LogP contribution in [0.5, 0.6) is 0 Å². The van der Waals surface area contributed by atoms with E-state index in [2.05, 4.69) is 20.3 Å². The molecule has 3 rings (SSSR count). The summed E-state index contributed by atoms with van der Waals surface area (Å²) in [5, 5.41) is 6.97. The number of nitrogens with zero attached hydrogens (tertiary/aromatic N) is 1. The highest BCUT2D eigenvalue weighted by Crippen LogP contribution is 2.25. The fourth-order valence-corrected chi connectivity index (χ4v) is 4.58. The molecule has 0 spiro atoms. The van der Waals surface area contributed by atoms with E-state index < -0.39 is 10.0 Å². The van der Waals surface area contributed by atoms with Crippen LogP contribution in [0.1, 0.15) is 6.42 Å². The van der Waals surface area contributed by atoms with Gasteiger partial charge in [0.15, 0.2) is 5.11 Å². The lowest BCUT2D eigenvalue weighted by molar-refractivity contribution is 0.0376. The molecule has 1 saturated heterocycles. The van der Waals surface area contributed by atoms with E-state index in [1.54, 1.807) is 36.4 Å². The van der Waals surface area contributed by atoms with Gasteiger partial charge in [0.25, 0.3) is 10.0 Å². The van der Waals surface area contributed by atoms with Gasteiger partial charge in [-0.25, -0.2) is 8.42 Å². The summed E-state index contributed by atoms with van der Waals surface area (Å²) in [4.78, 5) is 2.48. The molecule has 1 aliphatic heterocycles. The van der Waals surface area contributed by atoms with E-state index >= 15 is 0 Å². The van der Waals surface area contributed by atoms with Gasteiger partial charge in [0.2, 0.25) is 0 Å². The first-order valence-electron chi connectivity index (χ1n) is 9.66. The van der Waals surface area contributed by atoms with Crippen LogP contribution < -0.4 is 15.4 Å². The van der Waals surface area contributed by atoms with Gasteiger partial charge in [-0.1, -0.05) is 29.8 Å². The Morgan fingerprint density at radius 2 is 1.90 bits per heavy atom. The zero-order chi connectivity index (χ0) is 21.4. The molecule has 0 bridgehead atoms. The quantitative estimate of drug-likeness (QED) is 0.405. The molecule has 162 valence electrons. The van der Waals surface area contributed by atoms with Gasteiger partial charge in [0.05, 0.1) is 28.8 Å². The topological polar surface area (TPSA) is 82.7 Å². The van der Waals surface area contributed by atoms with Crippen LogP contribution in [0.25, 0.3) is 0 Å². The maximum atomic E-state index is 12.7. The molecule has 1 aliphatic rings. The molecule has 0 aromatic heterocycles. The van der Waals surface area contributed by atoms with Crippen molar-refractivity contribution in [1.29, 1.82) is 0 Å². The molecule has 30 heavy (non-hydrogen) atoms. The number of para-hydroxylation sites is 1. The van der Waals surface area contributed by atoms with Gasteiger partial charge in [-0.3, -0.25) is 9.62 Å². The summed E-state index contributed by atoms with van der Waals surface area (Å²) in [5.74, 6) is 0. The molecule has 0 radical (unpaired) electrons. The lowest BCUT2D eigenvalue weighted by atomic mass is 10.3. The van der Waals surface area contributed by atoms with Crippen LogP contribution in [-0.2, 0) is 14.8 Å². The molecular formula is C20H25ClN4O3S2. The minimum absolute atomic E-state index is 0.113. The fraction of sp³-hybridized carbons (Fsp3) is 0.350. The second-order valence-corrected chi connectivity index (χ2v) is 9.30. The number of halogens is 1. The maximum absolute atomic E-state index is 12.7. The molecule has 10 heteroatoms. The number of hydrogen-bond donors (Lipinski definition) is 3. The Morgan fingerprint density at radius 1 is 1.13 bits per heavy atom. The molecule has 2 aromatic rings. The van der Waals surface area contributed by atoms with E-state index in [1.165, 1.54) is 12.1 Å². The Kier molecular flexibility index (Phi) is 8.29. The zero-order valence-corrected chi connectivity index (χ0v) is 18.8. The highest BCUT2D eigenvalue weighted by Gasteiger charge is 2.16. The Morgan fingerprint density at radius 3 is 2.67 bits per heavy atom. The number of thiocarbonyl (C=S) groups is 1. The average Bonchev–Trinajstić information content (AvgIpc) is 2.74. The zero-order valence-electron chi connectivity index (χ0n) is 16.4. The summed E-state index contributed by atoms with van der Waals surface area (Å²) < 4.78 is 33.2. The molecule has 2 aromatic carbocycles. The van der Waals surface area contributed by atoms with Crippen LogP contribution in [-0.4, -0.2) is 57.8 Å². The second kappa shape index (κ2) is 10.9. The van der Waals surface area contributed by atoms with Gasteiger partial charge in [-0.2, -0.15) is 0 Å². The van der Waals surface area contributed by atoms with Crippen LogP contribution in [0.2, 0.25) is 5.02 Å². The highest BCUT2D eigenvalue weighted by atomic mass is 35.5. The summed E-state index contributed by atoms with van der Waals surface area (Å²) in [6.07, 6.45) is 0.956. The van der Waals surface area contributed by atoms with Gasteiger partial charge in [0, 0.05) is 25.3 Å². The fourth-order valence-electron chi connectivity index (χ4n) is 2.99. The number of morpholine rings is 1. The van der Waals surface area contributed by atoms with Crippen molar-refractivity contribution in [3.63, 3.8) is 0 Å². The molecule has 1 heterocycles. The van der Waals surface area contributed by atoms with Crippen molar-refractivity contribution in [3.8, 4) is 0 Å². The van der Waals surface area contributed by atoms with Crippen molar-refractivity contribution in [3.05, 3.63) is 53.6 Å². The van der Waals surface area contributed by atoms with E-state index in [0.717, 1.165) is 45.8 Å². The van der Waals surface area contributed by atoms with Gasteiger partial charge < -0.3 is 15.4 Å². The molecule has 0 aliphatic carbocycles. The van der Waals surface area contributed by atoms with Crippen molar-refractivity contribution >= 4 is 50.3 Å². The first-order chi connectivity index (χ1) is 14.4. The van der Waals surface area contributed by atoms with Crippen molar-refractivity contribution < 1.29 is 13.2 Å². The molecule has 0 atom stereocenters. The van der Waals surface area contributed by atoms with Crippen LogP contribution in [0.15, 0.2) is 53.4 Å². The normalized spacial score (nSPS) is 14.8. The number of rotatable bonds is 8. The molecule has 7 nitrogen and oxygen atoms in total. The summed E-state index contributed by atoms with van der Waals surface area (Å²) in [6.45, 7) is 5.23. The van der Waals surface area contributed by atoms with E-state index in [9.17, 15) is 8.42 Å². The lowest BCUT2D eigenvalue weighted by Gasteiger charge is -2.26. The number of sulfonamides is 1. The summed E-state index contributed by atoms with van der Waals surface area (Å²) in [7, 11) is -3.78. The van der Waals surface area contributed by atoms with Gasteiger partial charge in [-0.15, -0.1) is 0 Å². The summed E-state index contributed by atoms with van der Waals surface area (Å²) >= 11 is 11.4. The Balaban J connectivity index is 1.51. The highest BCUT2D eigenvalue weighted by molar-refractivity contribution is 7.92. The Hall–Kier alpha value is -1.91. The standard InChI is InChI=1S/C20H25ClN4O3S2/c21-18-7-1-2-8-19(18)24-30(26,27)17-6-3-5-16(15-17)23-20(29)22-9-4-10-25-11-13-28-14-12-25/h1-3,5-8,15,24H,4,9-14H2,(H2,22,23,29). The third-order valence-corrected chi connectivity index (χ3v) is 6.50. The number of benzene rings is 2. The third-order valence-electron chi connectivity index (χ3n) is 4.56.